The van der Waals surface area contributed by atoms with Gasteiger partial charge in [0.15, 0.2) is 5.96 Å². The van der Waals surface area contributed by atoms with E-state index in [9.17, 15) is 4.79 Å². The number of guanidine groups is 1. The summed E-state index contributed by atoms with van der Waals surface area (Å²) in [5.74, 6) is 0.796. The third-order valence-corrected chi connectivity index (χ3v) is 3.53. The number of aliphatic imine (C=N–C) groups is 1. The molecule has 24 heavy (non-hydrogen) atoms. The summed E-state index contributed by atoms with van der Waals surface area (Å²) < 4.78 is 5.19. The van der Waals surface area contributed by atoms with Crippen LogP contribution in [0.15, 0.2) is 4.99 Å². The molecule has 7 nitrogen and oxygen atoms in total. The first-order valence-electron chi connectivity index (χ1n) is 9.12. The molecule has 0 aromatic rings. The summed E-state index contributed by atoms with van der Waals surface area (Å²) in [6.07, 6.45) is 3.35. The highest BCUT2D eigenvalue weighted by Crippen LogP contribution is 2.07. The minimum absolute atomic E-state index is 0.392. The standard InChI is InChI=1S/C17H35N5O2/c1-5-18-15(19-9-8-14-22-12-6-7-13-22)20-10-11-21-16(23)24-17(2,3)4/h5-14H2,1-4H3,(H,21,23)(H2,18,19,20). The summed E-state index contributed by atoms with van der Waals surface area (Å²) in [5.41, 5.74) is -0.469. The quantitative estimate of drug-likeness (QED) is 0.355. The maximum atomic E-state index is 11.6. The third kappa shape index (κ3) is 10.3. The van der Waals surface area contributed by atoms with Gasteiger partial charge in [0.2, 0.25) is 0 Å². The van der Waals surface area contributed by atoms with E-state index in [4.69, 9.17) is 4.74 Å². The van der Waals surface area contributed by atoms with Crippen LogP contribution >= 0.6 is 0 Å². The highest BCUT2D eigenvalue weighted by atomic mass is 16.6. The fraction of sp³-hybridized carbons (Fsp3) is 0.882. The largest absolute Gasteiger partial charge is 0.444 e. The lowest BCUT2D eigenvalue weighted by Crippen LogP contribution is -2.42. The lowest BCUT2D eigenvalue weighted by atomic mass is 10.2. The van der Waals surface area contributed by atoms with Crippen molar-refractivity contribution in [3.05, 3.63) is 0 Å². The minimum atomic E-state index is -0.469. The van der Waals surface area contributed by atoms with Crippen LogP contribution in [0, 0.1) is 0 Å². The predicted octanol–water partition coefficient (Wildman–Crippen LogP) is 1.55. The van der Waals surface area contributed by atoms with Gasteiger partial charge >= 0.3 is 6.09 Å². The number of hydrogen-bond donors (Lipinski definition) is 3. The Labute approximate surface area is 146 Å². The number of carbonyl (C=O) groups is 1. The van der Waals surface area contributed by atoms with E-state index in [2.05, 4.69) is 25.8 Å². The predicted molar refractivity (Wildman–Crippen MR) is 98.5 cm³/mol. The van der Waals surface area contributed by atoms with Crippen molar-refractivity contribution in [3.8, 4) is 0 Å². The van der Waals surface area contributed by atoms with Crippen LogP contribution in [-0.2, 0) is 4.74 Å². The molecule has 0 radical (unpaired) electrons. The van der Waals surface area contributed by atoms with Gasteiger partial charge in [0.1, 0.15) is 5.60 Å². The SMILES string of the molecule is CCNC(=NCCCN1CCCC1)NCCNC(=O)OC(C)(C)C. The summed E-state index contributed by atoms with van der Waals surface area (Å²) >= 11 is 0. The molecular weight excluding hydrogens is 306 g/mol. The van der Waals surface area contributed by atoms with E-state index < -0.39 is 11.7 Å². The number of likely N-dealkylation sites (tertiary alicyclic amines) is 1. The van der Waals surface area contributed by atoms with E-state index in [1.165, 1.54) is 25.9 Å². The van der Waals surface area contributed by atoms with Crippen LogP contribution in [0.1, 0.15) is 47.0 Å². The van der Waals surface area contributed by atoms with Crippen molar-refractivity contribution >= 4 is 12.1 Å². The molecule has 0 saturated carbocycles. The molecule has 0 unspecified atom stereocenters. The van der Waals surface area contributed by atoms with E-state index in [0.717, 1.165) is 32.0 Å². The zero-order valence-corrected chi connectivity index (χ0v) is 15.8. The van der Waals surface area contributed by atoms with Gasteiger partial charge < -0.3 is 25.6 Å². The van der Waals surface area contributed by atoms with Crippen LogP contribution in [0.5, 0.6) is 0 Å². The first-order valence-corrected chi connectivity index (χ1v) is 9.12. The summed E-state index contributed by atoms with van der Waals surface area (Å²) in [7, 11) is 0. The van der Waals surface area contributed by atoms with E-state index in [1.54, 1.807) is 0 Å². The minimum Gasteiger partial charge on any atom is -0.444 e. The smallest absolute Gasteiger partial charge is 0.407 e. The van der Waals surface area contributed by atoms with Crippen LogP contribution in [0.4, 0.5) is 4.79 Å². The van der Waals surface area contributed by atoms with Crippen molar-refractivity contribution in [2.75, 3.05) is 45.8 Å². The Morgan fingerprint density at radius 3 is 2.42 bits per heavy atom. The van der Waals surface area contributed by atoms with Crippen LogP contribution in [-0.4, -0.2) is 68.4 Å². The zero-order valence-electron chi connectivity index (χ0n) is 15.8. The normalized spacial score (nSPS) is 16.1. The summed E-state index contributed by atoms with van der Waals surface area (Å²) in [4.78, 5) is 18.6. The van der Waals surface area contributed by atoms with Gasteiger partial charge in [-0.1, -0.05) is 0 Å². The summed E-state index contributed by atoms with van der Waals surface area (Å²) in [5, 5.41) is 9.17. The molecule has 7 heteroatoms. The number of ether oxygens (including phenoxy) is 1. The van der Waals surface area contributed by atoms with Gasteiger partial charge in [-0.05, 0) is 66.6 Å². The average molecular weight is 342 g/mol. The second kappa shape index (κ2) is 11.1. The maximum Gasteiger partial charge on any atom is 0.407 e. The fourth-order valence-corrected chi connectivity index (χ4v) is 2.49. The molecule has 0 aromatic carbocycles. The molecule has 1 aliphatic rings. The maximum absolute atomic E-state index is 11.6. The Bertz CT molecular complexity index is 387. The Morgan fingerprint density at radius 1 is 1.12 bits per heavy atom. The lowest BCUT2D eigenvalue weighted by Gasteiger charge is -2.20. The summed E-state index contributed by atoms with van der Waals surface area (Å²) in [6, 6.07) is 0. The molecule has 140 valence electrons. The average Bonchev–Trinajstić information content (AvgIpc) is 2.99. The molecule has 0 spiro atoms. The van der Waals surface area contributed by atoms with E-state index in [-0.39, 0.29) is 0 Å². The Balaban J connectivity index is 2.17. The summed E-state index contributed by atoms with van der Waals surface area (Å²) in [6.45, 7) is 13.9. The zero-order chi connectivity index (χ0) is 17.8. The molecule has 1 rings (SSSR count). The molecule has 0 bridgehead atoms. The highest BCUT2D eigenvalue weighted by Gasteiger charge is 2.15. The first kappa shape index (κ1) is 20.5. The van der Waals surface area contributed by atoms with E-state index in [1.807, 2.05) is 27.7 Å². The van der Waals surface area contributed by atoms with Gasteiger partial charge in [-0.2, -0.15) is 0 Å². The van der Waals surface area contributed by atoms with Crippen LogP contribution in [0.2, 0.25) is 0 Å². The number of nitrogens with zero attached hydrogens (tertiary/aromatic N) is 2. The first-order chi connectivity index (χ1) is 11.4. The number of carbonyl (C=O) groups excluding carboxylic acids is 1. The van der Waals surface area contributed by atoms with Gasteiger partial charge in [0.25, 0.3) is 0 Å². The van der Waals surface area contributed by atoms with Gasteiger partial charge in [-0.15, -0.1) is 0 Å². The van der Waals surface area contributed by atoms with Crippen molar-refractivity contribution in [2.24, 2.45) is 4.99 Å². The third-order valence-electron chi connectivity index (χ3n) is 3.53. The molecule has 3 N–H and O–H groups in total. The number of hydrogen-bond acceptors (Lipinski definition) is 4. The van der Waals surface area contributed by atoms with E-state index >= 15 is 0 Å². The molecular formula is C17H35N5O2. The lowest BCUT2D eigenvalue weighted by molar-refractivity contribution is 0.0529. The molecule has 0 atom stereocenters. The second-order valence-corrected chi connectivity index (χ2v) is 7.02. The molecule has 1 saturated heterocycles. The number of amides is 1. The Hall–Kier alpha value is -1.50. The Kier molecular flexibility index (Phi) is 9.52. The van der Waals surface area contributed by atoms with Crippen molar-refractivity contribution < 1.29 is 9.53 Å². The highest BCUT2D eigenvalue weighted by molar-refractivity contribution is 5.79. The molecule has 1 heterocycles. The van der Waals surface area contributed by atoms with Crippen molar-refractivity contribution in [3.63, 3.8) is 0 Å². The van der Waals surface area contributed by atoms with Crippen LogP contribution < -0.4 is 16.0 Å². The van der Waals surface area contributed by atoms with Crippen LogP contribution in [0.25, 0.3) is 0 Å². The number of nitrogens with one attached hydrogen (secondary N) is 3. The van der Waals surface area contributed by atoms with E-state index in [0.29, 0.717) is 13.1 Å². The van der Waals surface area contributed by atoms with Gasteiger partial charge in [0, 0.05) is 26.2 Å². The van der Waals surface area contributed by atoms with Crippen molar-refractivity contribution in [2.45, 2.75) is 52.6 Å². The van der Waals surface area contributed by atoms with Gasteiger partial charge in [-0.3, -0.25) is 4.99 Å². The monoisotopic (exact) mass is 341 g/mol. The topological polar surface area (TPSA) is 78.0 Å². The van der Waals surface area contributed by atoms with Crippen molar-refractivity contribution in [1.29, 1.82) is 0 Å². The molecule has 1 aliphatic heterocycles. The fourth-order valence-electron chi connectivity index (χ4n) is 2.49. The molecule has 0 aromatic heterocycles. The van der Waals surface area contributed by atoms with Gasteiger partial charge in [-0.25, -0.2) is 4.79 Å². The number of rotatable bonds is 8. The number of alkyl carbamates (subject to hydrolysis) is 1. The molecule has 1 amide bonds. The van der Waals surface area contributed by atoms with Crippen LogP contribution in [0.3, 0.4) is 0 Å². The molecule has 1 fully saturated rings. The Morgan fingerprint density at radius 2 is 1.79 bits per heavy atom. The van der Waals surface area contributed by atoms with Gasteiger partial charge in [0.05, 0.1) is 0 Å². The second-order valence-electron chi connectivity index (χ2n) is 7.02. The molecule has 0 aliphatic carbocycles. The van der Waals surface area contributed by atoms with Crippen molar-refractivity contribution in [1.82, 2.24) is 20.9 Å².